The zero-order valence-corrected chi connectivity index (χ0v) is 8.45. The lowest BCUT2D eigenvalue weighted by molar-refractivity contribution is -0.141. The molecular weight excluding hydrogens is 210 g/mol. The van der Waals surface area contributed by atoms with Crippen LogP contribution in [0.25, 0.3) is 0 Å². The van der Waals surface area contributed by atoms with Gasteiger partial charge < -0.3 is 5.11 Å². The quantitative estimate of drug-likeness (QED) is 0.678. The van der Waals surface area contributed by atoms with Gasteiger partial charge >= 0.3 is 5.97 Å². The molecule has 0 spiro atoms. The minimum Gasteiger partial charge on any atom is -0.481 e. The average molecular weight is 221 g/mol. The summed E-state index contributed by atoms with van der Waals surface area (Å²) < 4.78 is 23.2. The smallest absolute Gasteiger partial charge is 0.308 e. The number of carbonyl (C=O) groups excluding carboxylic acids is 1. The van der Waals surface area contributed by atoms with Crippen molar-refractivity contribution in [3.05, 3.63) is 0 Å². The molecule has 0 aliphatic carbocycles. The number of carbonyl (C=O) groups is 2. The summed E-state index contributed by atoms with van der Waals surface area (Å²) in [6.07, 6.45) is -0.228. The fraction of sp³-hybridized carbons (Fsp3) is 0.714. The molecule has 1 fully saturated rings. The van der Waals surface area contributed by atoms with Crippen molar-refractivity contribution in [3.63, 3.8) is 0 Å². The first-order valence-electron chi connectivity index (χ1n) is 4.14. The third-order valence-electron chi connectivity index (χ3n) is 2.14. The maximum atomic E-state index is 11.3. The van der Waals surface area contributed by atoms with Crippen molar-refractivity contribution in [2.24, 2.45) is 5.92 Å². The minimum absolute atomic E-state index is 0.189. The molecule has 14 heavy (non-hydrogen) atoms. The van der Waals surface area contributed by atoms with E-state index in [4.69, 9.17) is 5.11 Å². The first-order valence-corrected chi connectivity index (χ1v) is 5.75. The second-order valence-electron chi connectivity index (χ2n) is 3.06. The molecule has 1 N–H and O–H groups in total. The number of aliphatic carboxylic acids is 1. The standard InChI is InChI=1S/C7H11NO5S/c1-2-14(12,13)8-4-5(7(10)11)3-6(8)9/h5H,2-4H2,1H3,(H,10,11). The molecule has 1 atom stereocenters. The number of hydrogen-bond acceptors (Lipinski definition) is 4. The highest BCUT2D eigenvalue weighted by Crippen LogP contribution is 2.21. The number of nitrogens with zero attached hydrogens (tertiary/aromatic N) is 1. The molecule has 7 heteroatoms. The van der Waals surface area contributed by atoms with Gasteiger partial charge in [0.05, 0.1) is 18.2 Å². The molecule has 0 aromatic carbocycles. The summed E-state index contributed by atoms with van der Waals surface area (Å²) in [5, 5.41) is 8.61. The summed E-state index contributed by atoms with van der Waals surface area (Å²) in [5.41, 5.74) is 0. The van der Waals surface area contributed by atoms with Gasteiger partial charge in [-0.15, -0.1) is 0 Å². The predicted molar refractivity (Wildman–Crippen MR) is 46.9 cm³/mol. The SMILES string of the molecule is CCS(=O)(=O)N1CC(C(=O)O)CC1=O. The van der Waals surface area contributed by atoms with Crippen LogP contribution in [0.2, 0.25) is 0 Å². The monoisotopic (exact) mass is 221 g/mol. The Morgan fingerprint density at radius 3 is 2.57 bits per heavy atom. The number of carboxylic acids is 1. The second kappa shape index (κ2) is 3.56. The van der Waals surface area contributed by atoms with Crippen LogP contribution < -0.4 is 0 Å². The molecule has 0 radical (unpaired) electrons. The normalized spacial score (nSPS) is 22.8. The maximum Gasteiger partial charge on any atom is 0.308 e. The minimum atomic E-state index is -3.59. The van der Waals surface area contributed by atoms with E-state index in [0.717, 1.165) is 0 Å². The Labute approximate surface area is 81.6 Å². The topological polar surface area (TPSA) is 91.8 Å². The molecule has 80 valence electrons. The summed E-state index contributed by atoms with van der Waals surface area (Å²) in [5.74, 6) is -2.85. The molecule has 1 amide bonds. The first kappa shape index (κ1) is 11.0. The van der Waals surface area contributed by atoms with Crippen molar-refractivity contribution >= 4 is 21.9 Å². The van der Waals surface area contributed by atoms with Gasteiger partial charge in [-0.1, -0.05) is 0 Å². The highest BCUT2D eigenvalue weighted by Gasteiger charge is 2.39. The number of carboxylic acid groups (broad SMARTS) is 1. The van der Waals surface area contributed by atoms with Crippen LogP contribution in [-0.2, 0) is 19.6 Å². The summed E-state index contributed by atoms with van der Waals surface area (Å²) in [6, 6.07) is 0. The van der Waals surface area contributed by atoms with Crippen molar-refractivity contribution in [2.75, 3.05) is 12.3 Å². The van der Waals surface area contributed by atoms with Crippen molar-refractivity contribution in [1.29, 1.82) is 0 Å². The summed E-state index contributed by atoms with van der Waals surface area (Å²) >= 11 is 0. The van der Waals surface area contributed by atoms with E-state index in [-0.39, 0.29) is 18.7 Å². The van der Waals surface area contributed by atoms with Gasteiger partial charge in [0, 0.05) is 6.42 Å². The molecule has 1 rings (SSSR count). The van der Waals surface area contributed by atoms with E-state index in [1.807, 2.05) is 0 Å². The van der Waals surface area contributed by atoms with Crippen LogP contribution in [0.15, 0.2) is 0 Å². The molecule has 1 unspecified atom stereocenters. The Bertz CT molecular complexity index is 360. The van der Waals surface area contributed by atoms with Gasteiger partial charge in [-0.3, -0.25) is 9.59 Å². The Balaban J connectivity index is 2.86. The third-order valence-corrected chi connectivity index (χ3v) is 3.89. The molecule has 6 nitrogen and oxygen atoms in total. The summed E-state index contributed by atoms with van der Waals surface area (Å²) in [4.78, 5) is 21.7. The lowest BCUT2D eigenvalue weighted by Crippen LogP contribution is -2.34. The molecule has 1 aliphatic rings. The van der Waals surface area contributed by atoms with Crippen LogP contribution in [0.4, 0.5) is 0 Å². The van der Waals surface area contributed by atoms with Crippen molar-refractivity contribution < 1.29 is 23.1 Å². The largest absolute Gasteiger partial charge is 0.481 e. The zero-order valence-electron chi connectivity index (χ0n) is 7.63. The zero-order chi connectivity index (χ0) is 10.9. The summed E-state index contributed by atoms with van der Waals surface area (Å²) in [6.45, 7) is 1.18. The molecule has 1 saturated heterocycles. The molecule has 0 aromatic rings. The van der Waals surface area contributed by atoms with Crippen molar-refractivity contribution in [2.45, 2.75) is 13.3 Å². The summed E-state index contributed by atoms with van der Waals surface area (Å²) in [7, 11) is -3.59. The number of sulfonamides is 1. The molecular formula is C7H11NO5S. The Morgan fingerprint density at radius 2 is 2.21 bits per heavy atom. The van der Waals surface area contributed by atoms with E-state index in [0.29, 0.717) is 4.31 Å². The molecule has 0 bridgehead atoms. The maximum absolute atomic E-state index is 11.3. The van der Waals surface area contributed by atoms with Gasteiger partial charge in [0.1, 0.15) is 0 Å². The number of rotatable bonds is 3. The van der Waals surface area contributed by atoms with Crippen LogP contribution in [0.1, 0.15) is 13.3 Å². The van der Waals surface area contributed by atoms with Crippen LogP contribution in [-0.4, -0.2) is 42.0 Å². The fourth-order valence-electron chi connectivity index (χ4n) is 1.27. The van der Waals surface area contributed by atoms with E-state index in [9.17, 15) is 18.0 Å². The van der Waals surface area contributed by atoms with Crippen LogP contribution in [0.5, 0.6) is 0 Å². The molecule has 1 aliphatic heterocycles. The van der Waals surface area contributed by atoms with Gasteiger partial charge in [0.25, 0.3) is 0 Å². The highest BCUT2D eigenvalue weighted by atomic mass is 32.2. The van der Waals surface area contributed by atoms with E-state index >= 15 is 0 Å². The Morgan fingerprint density at radius 1 is 1.64 bits per heavy atom. The van der Waals surface area contributed by atoms with Crippen molar-refractivity contribution in [1.82, 2.24) is 4.31 Å². The highest BCUT2D eigenvalue weighted by molar-refractivity contribution is 7.89. The van der Waals surface area contributed by atoms with Gasteiger partial charge in [-0.05, 0) is 6.92 Å². The Hall–Kier alpha value is -1.11. The lowest BCUT2D eigenvalue weighted by atomic mass is 10.1. The van der Waals surface area contributed by atoms with Crippen LogP contribution >= 0.6 is 0 Å². The van der Waals surface area contributed by atoms with E-state index in [1.54, 1.807) is 0 Å². The predicted octanol–water partition coefficient (Wildman–Crippen LogP) is -0.731. The number of hydrogen-bond donors (Lipinski definition) is 1. The van der Waals surface area contributed by atoms with Gasteiger partial charge in [-0.2, -0.15) is 0 Å². The first-order chi connectivity index (χ1) is 6.38. The third kappa shape index (κ3) is 1.87. The lowest BCUT2D eigenvalue weighted by Gasteiger charge is -2.14. The second-order valence-corrected chi connectivity index (χ2v) is 5.25. The van der Waals surface area contributed by atoms with Crippen LogP contribution in [0, 0.1) is 5.92 Å². The van der Waals surface area contributed by atoms with Gasteiger partial charge in [-0.25, -0.2) is 12.7 Å². The van der Waals surface area contributed by atoms with E-state index < -0.39 is 27.8 Å². The molecule has 1 heterocycles. The number of amides is 1. The molecule has 0 saturated carbocycles. The van der Waals surface area contributed by atoms with Crippen molar-refractivity contribution in [3.8, 4) is 0 Å². The molecule has 0 aromatic heterocycles. The van der Waals surface area contributed by atoms with Gasteiger partial charge in [0.15, 0.2) is 0 Å². The fourth-order valence-corrected chi connectivity index (χ4v) is 2.37. The Kier molecular flexibility index (Phi) is 2.79. The van der Waals surface area contributed by atoms with Crippen LogP contribution in [0.3, 0.4) is 0 Å². The van der Waals surface area contributed by atoms with Gasteiger partial charge in [0.2, 0.25) is 15.9 Å². The van der Waals surface area contributed by atoms with E-state index in [2.05, 4.69) is 0 Å². The van der Waals surface area contributed by atoms with E-state index in [1.165, 1.54) is 6.92 Å². The average Bonchev–Trinajstić information content (AvgIpc) is 2.48.